The number of carbonyl (C=O) groups is 1. The summed E-state index contributed by atoms with van der Waals surface area (Å²) in [4.78, 5) is 14.3. The molecule has 0 spiro atoms. The first-order valence-corrected chi connectivity index (χ1v) is 7.41. The van der Waals surface area contributed by atoms with Gasteiger partial charge in [0, 0.05) is 11.4 Å². The molecular formula is C19H16FN3O. The summed E-state index contributed by atoms with van der Waals surface area (Å²) in [5, 5.41) is 2.71. The SMILES string of the molecule is Nc1ccc(N(C(=O)Nc2cccc(F)c2)c2ccccc2)cc1. The highest BCUT2D eigenvalue weighted by molar-refractivity contribution is 6.07. The van der Waals surface area contributed by atoms with E-state index in [0.29, 0.717) is 22.7 Å². The van der Waals surface area contributed by atoms with E-state index in [4.69, 9.17) is 5.73 Å². The Labute approximate surface area is 139 Å². The summed E-state index contributed by atoms with van der Waals surface area (Å²) in [5.74, 6) is -0.411. The lowest BCUT2D eigenvalue weighted by molar-refractivity contribution is 0.259. The van der Waals surface area contributed by atoms with E-state index >= 15 is 0 Å². The molecule has 0 radical (unpaired) electrons. The molecule has 3 rings (SSSR count). The fourth-order valence-corrected chi connectivity index (χ4v) is 2.33. The van der Waals surface area contributed by atoms with E-state index in [1.165, 1.54) is 17.0 Å². The summed E-state index contributed by atoms with van der Waals surface area (Å²) >= 11 is 0. The highest BCUT2D eigenvalue weighted by Gasteiger charge is 2.18. The molecule has 5 heteroatoms. The quantitative estimate of drug-likeness (QED) is 0.682. The van der Waals surface area contributed by atoms with Gasteiger partial charge in [-0.15, -0.1) is 0 Å². The fraction of sp³-hybridized carbons (Fsp3) is 0. The Morgan fingerprint density at radius 2 is 1.54 bits per heavy atom. The van der Waals surface area contributed by atoms with E-state index in [1.54, 1.807) is 36.4 Å². The summed E-state index contributed by atoms with van der Waals surface area (Å²) in [7, 11) is 0. The van der Waals surface area contributed by atoms with Gasteiger partial charge in [0.25, 0.3) is 0 Å². The largest absolute Gasteiger partial charge is 0.399 e. The van der Waals surface area contributed by atoms with E-state index in [1.807, 2.05) is 30.3 Å². The zero-order valence-electron chi connectivity index (χ0n) is 12.8. The van der Waals surface area contributed by atoms with Gasteiger partial charge >= 0.3 is 6.03 Å². The van der Waals surface area contributed by atoms with Crippen molar-refractivity contribution in [1.29, 1.82) is 0 Å². The summed E-state index contributed by atoms with van der Waals surface area (Å²) < 4.78 is 13.3. The van der Waals surface area contributed by atoms with Crippen LogP contribution in [0.15, 0.2) is 78.9 Å². The van der Waals surface area contributed by atoms with Crippen LogP contribution < -0.4 is 16.0 Å². The Morgan fingerprint density at radius 1 is 0.875 bits per heavy atom. The topological polar surface area (TPSA) is 58.4 Å². The van der Waals surface area contributed by atoms with Crippen LogP contribution >= 0.6 is 0 Å². The maximum absolute atomic E-state index is 13.3. The van der Waals surface area contributed by atoms with Crippen molar-refractivity contribution in [1.82, 2.24) is 0 Å². The molecule has 2 amide bonds. The van der Waals surface area contributed by atoms with Gasteiger partial charge in [-0.05, 0) is 54.6 Å². The van der Waals surface area contributed by atoms with Crippen LogP contribution in [0.1, 0.15) is 0 Å². The summed E-state index contributed by atoms with van der Waals surface area (Å²) in [6.07, 6.45) is 0. The van der Waals surface area contributed by atoms with Gasteiger partial charge in [-0.25, -0.2) is 9.18 Å². The zero-order valence-corrected chi connectivity index (χ0v) is 12.8. The van der Waals surface area contributed by atoms with Gasteiger partial charge in [0.15, 0.2) is 0 Å². The molecule has 0 saturated heterocycles. The Hall–Kier alpha value is -3.34. The second-order valence-corrected chi connectivity index (χ2v) is 5.20. The van der Waals surface area contributed by atoms with Crippen molar-refractivity contribution in [3.05, 3.63) is 84.7 Å². The molecule has 0 saturated carbocycles. The molecule has 3 aromatic rings. The van der Waals surface area contributed by atoms with Gasteiger partial charge in [0.2, 0.25) is 0 Å². The highest BCUT2D eigenvalue weighted by atomic mass is 19.1. The molecule has 0 bridgehead atoms. The maximum atomic E-state index is 13.3. The average Bonchev–Trinajstić information content (AvgIpc) is 2.58. The molecule has 0 aliphatic heterocycles. The summed E-state index contributed by atoms with van der Waals surface area (Å²) in [6, 6.07) is 21.5. The van der Waals surface area contributed by atoms with Crippen molar-refractivity contribution in [3.8, 4) is 0 Å². The van der Waals surface area contributed by atoms with Gasteiger partial charge < -0.3 is 11.1 Å². The highest BCUT2D eigenvalue weighted by Crippen LogP contribution is 2.27. The number of nitrogens with zero attached hydrogens (tertiary/aromatic N) is 1. The van der Waals surface area contributed by atoms with Crippen LogP contribution in [0.4, 0.5) is 31.9 Å². The Kier molecular flexibility index (Phi) is 4.43. The molecule has 120 valence electrons. The third-order valence-corrected chi connectivity index (χ3v) is 3.44. The van der Waals surface area contributed by atoms with Gasteiger partial charge in [-0.3, -0.25) is 4.90 Å². The average molecular weight is 321 g/mol. The lowest BCUT2D eigenvalue weighted by Gasteiger charge is -2.23. The number of nitrogens with one attached hydrogen (secondary N) is 1. The predicted octanol–water partition coefficient (Wildman–Crippen LogP) is 4.78. The van der Waals surface area contributed by atoms with Gasteiger partial charge in [0.1, 0.15) is 5.82 Å². The number of hydrogen-bond donors (Lipinski definition) is 2. The number of rotatable bonds is 3. The van der Waals surface area contributed by atoms with Crippen molar-refractivity contribution >= 4 is 28.8 Å². The Balaban J connectivity index is 1.95. The van der Waals surface area contributed by atoms with Crippen molar-refractivity contribution in [2.45, 2.75) is 0 Å². The van der Waals surface area contributed by atoms with E-state index in [0.717, 1.165) is 0 Å². The monoisotopic (exact) mass is 321 g/mol. The van der Waals surface area contributed by atoms with Crippen LogP contribution in [-0.2, 0) is 0 Å². The first-order chi connectivity index (χ1) is 11.6. The normalized spacial score (nSPS) is 10.2. The van der Waals surface area contributed by atoms with E-state index in [-0.39, 0.29) is 0 Å². The first-order valence-electron chi connectivity index (χ1n) is 7.41. The minimum atomic E-state index is -0.411. The molecule has 0 unspecified atom stereocenters. The van der Waals surface area contributed by atoms with E-state index in [9.17, 15) is 9.18 Å². The van der Waals surface area contributed by atoms with Crippen LogP contribution in [0.3, 0.4) is 0 Å². The molecule has 0 heterocycles. The summed E-state index contributed by atoms with van der Waals surface area (Å²) in [6.45, 7) is 0. The number of urea groups is 1. The zero-order chi connectivity index (χ0) is 16.9. The Bertz CT molecular complexity index is 835. The summed E-state index contributed by atoms with van der Waals surface area (Å²) in [5.41, 5.74) is 8.06. The van der Waals surface area contributed by atoms with Crippen molar-refractivity contribution in [3.63, 3.8) is 0 Å². The van der Waals surface area contributed by atoms with E-state index in [2.05, 4.69) is 5.32 Å². The number of amides is 2. The lowest BCUT2D eigenvalue weighted by Crippen LogP contribution is -2.30. The van der Waals surface area contributed by atoms with Crippen LogP contribution in [0, 0.1) is 5.82 Å². The van der Waals surface area contributed by atoms with Gasteiger partial charge in [0.05, 0.1) is 11.4 Å². The van der Waals surface area contributed by atoms with Crippen molar-refractivity contribution < 1.29 is 9.18 Å². The van der Waals surface area contributed by atoms with Crippen LogP contribution in [0.25, 0.3) is 0 Å². The molecular weight excluding hydrogens is 305 g/mol. The van der Waals surface area contributed by atoms with Crippen LogP contribution in [0.2, 0.25) is 0 Å². The second kappa shape index (κ2) is 6.83. The van der Waals surface area contributed by atoms with Gasteiger partial charge in [-0.2, -0.15) is 0 Å². The molecule has 0 aliphatic rings. The van der Waals surface area contributed by atoms with Crippen molar-refractivity contribution in [2.24, 2.45) is 0 Å². The van der Waals surface area contributed by atoms with Crippen LogP contribution in [-0.4, -0.2) is 6.03 Å². The minimum absolute atomic E-state index is 0.386. The number of anilines is 4. The van der Waals surface area contributed by atoms with Gasteiger partial charge in [-0.1, -0.05) is 24.3 Å². The number of carbonyl (C=O) groups excluding carboxylic acids is 1. The minimum Gasteiger partial charge on any atom is -0.399 e. The lowest BCUT2D eigenvalue weighted by atomic mass is 10.2. The molecule has 3 N–H and O–H groups in total. The Morgan fingerprint density at radius 3 is 2.21 bits per heavy atom. The molecule has 4 nitrogen and oxygen atoms in total. The molecule has 0 fully saturated rings. The third kappa shape index (κ3) is 3.52. The smallest absolute Gasteiger partial charge is 0.330 e. The van der Waals surface area contributed by atoms with Crippen LogP contribution in [0.5, 0.6) is 0 Å². The second-order valence-electron chi connectivity index (χ2n) is 5.20. The number of halogens is 1. The third-order valence-electron chi connectivity index (χ3n) is 3.44. The predicted molar refractivity (Wildman–Crippen MR) is 94.9 cm³/mol. The number of benzene rings is 3. The number of hydrogen-bond acceptors (Lipinski definition) is 2. The molecule has 0 aromatic heterocycles. The van der Waals surface area contributed by atoms with Crippen molar-refractivity contribution in [2.75, 3.05) is 16.0 Å². The van der Waals surface area contributed by atoms with E-state index < -0.39 is 11.8 Å². The molecule has 3 aromatic carbocycles. The standard InChI is InChI=1S/C19H16FN3O/c20-14-5-4-6-16(13-14)22-19(24)23(17-7-2-1-3-8-17)18-11-9-15(21)10-12-18/h1-13H,21H2,(H,22,24). The first kappa shape index (κ1) is 15.6. The molecule has 0 aliphatic carbocycles. The molecule has 24 heavy (non-hydrogen) atoms. The number of nitrogen functional groups attached to an aromatic ring is 1. The number of para-hydroxylation sites is 1. The molecule has 0 atom stereocenters. The fourth-order valence-electron chi connectivity index (χ4n) is 2.33. The maximum Gasteiger partial charge on any atom is 0.330 e. The number of nitrogens with two attached hydrogens (primary N) is 1.